The molecular weight excluding hydrogens is 453 g/mol. The third-order valence-corrected chi connectivity index (χ3v) is 5.48. The molecule has 3 aromatic heterocycles. The summed E-state index contributed by atoms with van der Waals surface area (Å²) in [4.78, 5) is 38.4. The molecule has 1 N–H and O–H groups in total. The first-order chi connectivity index (χ1) is 16.0. The average molecular weight is 478 g/mol. The molecule has 0 saturated carbocycles. The highest BCUT2D eigenvalue weighted by atomic mass is 19.4. The summed E-state index contributed by atoms with van der Waals surface area (Å²) in [5.41, 5.74) is 4.90. The quantitative estimate of drug-likeness (QED) is 0.604. The molecule has 0 aliphatic carbocycles. The number of aliphatic carboxylic acids is 1. The number of imidazole rings is 1. The van der Waals surface area contributed by atoms with Gasteiger partial charge in [0.25, 0.3) is 0 Å². The summed E-state index contributed by atoms with van der Waals surface area (Å²) in [6.07, 6.45) is 2.18. The van der Waals surface area contributed by atoms with Gasteiger partial charge in [0.15, 0.2) is 0 Å². The minimum Gasteiger partial charge on any atom is -0.475 e. The number of carbonyl (C=O) groups is 2. The molecule has 182 valence electrons. The van der Waals surface area contributed by atoms with E-state index >= 15 is 0 Å². The van der Waals surface area contributed by atoms with Crippen LogP contribution in [0.5, 0.6) is 0 Å². The van der Waals surface area contributed by atoms with E-state index in [1.807, 2.05) is 41.2 Å². The number of hydrogen-bond donors (Lipinski definition) is 1. The number of hydrogen-bond acceptors (Lipinski definition) is 5. The number of likely N-dealkylation sites (tertiary alicyclic amines) is 1. The molecular formula is C22H25F3N6O3. The van der Waals surface area contributed by atoms with Crippen LogP contribution in [0.15, 0.2) is 36.9 Å². The number of aryl methyl sites for hydroxylation is 1. The first-order valence-electron chi connectivity index (χ1n) is 10.5. The number of amides is 2. The second-order valence-electron chi connectivity index (χ2n) is 8.10. The maximum absolute atomic E-state index is 12.2. The van der Waals surface area contributed by atoms with Gasteiger partial charge in [0, 0.05) is 63.8 Å². The fraction of sp³-hybridized carbons (Fsp3) is 0.409. The second kappa shape index (κ2) is 10.1. The van der Waals surface area contributed by atoms with Crippen molar-refractivity contribution in [2.75, 3.05) is 27.2 Å². The van der Waals surface area contributed by atoms with Crippen LogP contribution in [-0.4, -0.2) is 79.8 Å². The Morgan fingerprint density at radius 2 is 1.85 bits per heavy atom. The Balaban J connectivity index is 0.000000406. The van der Waals surface area contributed by atoms with Gasteiger partial charge < -0.3 is 19.5 Å². The monoisotopic (exact) mass is 478 g/mol. The van der Waals surface area contributed by atoms with Crippen LogP contribution in [0.4, 0.5) is 18.0 Å². The van der Waals surface area contributed by atoms with E-state index in [-0.39, 0.29) is 6.03 Å². The van der Waals surface area contributed by atoms with Crippen molar-refractivity contribution in [2.45, 2.75) is 24.9 Å². The Morgan fingerprint density at radius 3 is 2.38 bits per heavy atom. The predicted molar refractivity (Wildman–Crippen MR) is 118 cm³/mol. The summed E-state index contributed by atoms with van der Waals surface area (Å²) < 4.78 is 33.8. The molecule has 0 aromatic carbocycles. The molecule has 4 heterocycles. The smallest absolute Gasteiger partial charge is 0.475 e. The average Bonchev–Trinajstić information content (AvgIpc) is 3.19. The zero-order chi connectivity index (χ0) is 25.0. The van der Waals surface area contributed by atoms with Crippen LogP contribution in [0.25, 0.3) is 22.3 Å². The molecule has 0 unspecified atom stereocenters. The minimum absolute atomic E-state index is 0.0829. The van der Waals surface area contributed by atoms with Crippen LogP contribution in [-0.2, 0) is 11.8 Å². The summed E-state index contributed by atoms with van der Waals surface area (Å²) in [5.74, 6) is -2.42. The van der Waals surface area contributed by atoms with Crippen LogP contribution < -0.4 is 0 Å². The van der Waals surface area contributed by atoms with Crippen molar-refractivity contribution in [1.82, 2.24) is 29.3 Å². The molecule has 1 aliphatic heterocycles. The molecule has 0 atom stereocenters. The molecule has 0 radical (unpaired) electrons. The number of aromatic nitrogens is 4. The van der Waals surface area contributed by atoms with Crippen LogP contribution in [0.1, 0.15) is 24.5 Å². The topological polar surface area (TPSA) is 104 Å². The van der Waals surface area contributed by atoms with E-state index in [1.54, 1.807) is 25.2 Å². The third-order valence-electron chi connectivity index (χ3n) is 5.48. The molecule has 0 bridgehead atoms. The number of nitrogens with zero attached hydrogens (tertiary/aromatic N) is 6. The van der Waals surface area contributed by atoms with Gasteiger partial charge in [-0.1, -0.05) is 0 Å². The van der Waals surface area contributed by atoms with E-state index in [1.165, 1.54) is 0 Å². The van der Waals surface area contributed by atoms with Gasteiger partial charge in [0.2, 0.25) is 0 Å². The maximum Gasteiger partial charge on any atom is 0.490 e. The molecule has 1 aliphatic rings. The summed E-state index contributed by atoms with van der Waals surface area (Å²) in [5, 5.41) is 7.12. The van der Waals surface area contributed by atoms with Gasteiger partial charge in [0.1, 0.15) is 5.52 Å². The zero-order valence-electron chi connectivity index (χ0n) is 19.0. The fourth-order valence-corrected chi connectivity index (χ4v) is 3.71. The number of carbonyl (C=O) groups excluding carboxylic acids is 1. The molecule has 9 nitrogen and oxygen atoms in total. The minimum atomic E-state index is -5.08. The third kappa shape index (κ3) is 5.61. The highest BCUT2D eigenvalue weighted by Gasteiger charge is 2.38. The SMILES string of the molecule is CN(C)C(=O)N1CCC(c2cc3c(ncn3C)c(-c3cccnc3)n2)CC1.O=C(O)C(F)(F)F. The fourth-order valence-electron chi connectivity index (χ4n) is 3.71. The van der Waals surface area contributed by atoms with Crippen molar-refractivity contribution in [1.29, 1.82) is 0 Å². The number of fused-ring (bicyclic) bond motifs is 1. The van der Waals surface area contributed by atoms with Crippen molar-refractivity contribution < 1.29 is 27.9 Å². The van der Waals surface area contributed by atoms with E-state index in [4.69, 9.17) is 14.9 Å². The lowest BCUT2D eigenvalue weighted by molar-refractivity contribution is -0.192. The number of carboxylic acids is 1. The van der Waals surface area contributed by atoms with E-state index < -0.39 is 12.1 Å². The molecule has 3 aromatic rings. The number of urea groups is 1. The van der Waals surface area contributed by atoms with Crippen molar-refractivity contribution >= 4 is 23.0 Å². The van der Waals surface area contributed by atoms with Crippen molar-refractivity contribution in [3.8, 4) is 11.3 Å². The molecule has 2 amide bonds. The summed E-state index contributed by atoms with van der Waals surface area (Å²) in [6.45, 7) is 1.52. The van der Waals surface area contributed by atoms with Gasteiger partial charge in [-0.25, -0.2) is 14.6 Å². The van der Waals surface area contributed by atoms with Crippen molar-refractivity contribution in [3.05, 3.63) is 42.6 Å². The van der Waals surface area contributed by atoms with E-state index in [2.05, 4.69) is 16.0 Å². The van der Waals surface area contributed by atoms with Gasteiger partial charge in [-0.2, -0.15) is 13.2 Å². The van der Waals surface area contributed by atoms with Crippen LogP contribution in [0.3, 0.4) is 0 Å². The second-order valence-corrected chi connectivity index (χ2v) is 8.10. The van der Waals surface area contributed by atoms with E-state index in [9.17, 15) is 18.0 Å². The Hall–Kier alpha value is -3.70. The van der Waals surface area contributed by atoms with Crippen LogP contribution in [0.2, 0.25) is 0 Å². The van der Waals surface area contributed by atoms with Gasteiger partial charge in [-0.3, -0.25) is 9.97 Å². The van der Waals surface area contributed by atoms with E-state index in [0.29, 0.717) is 5.92 Å². The normalized spacial score (nSPS) is 14.5. The van der Waals surface area contributed by atoms with Gasteiger partial charge in [-0.15, -0.1) is 0 Å². The Bertz CT molecular complexity index is 1160. The van der Waals surface area contributed by atoms with Crippen LogP contribution >= 0.6 is 0 Å². The number of alkyl halides is 3. The molecule has 1 fully saturated rings. The van der Waals surface area contributed by atoms with Gasteiger partial charge in [-0.05, 0) is 31.0 Å². The number of halogens is 3. The lowest BCUT2D eigenvalue weighted by Gasteiger charge is -2.33. The predicted octanol–water partition coefficient (Wildman–Crippen LogP) is 3.52. The summed E-state index contributed by atoms with van der Waals surface area (Å²) in [6, 6.07) is 6.17. The molecule has 12 heteroatoms. The zero-order valence-corrected chi connectivity index (χ0v) is 19.0. The van der Waals surface area contributed by atoms with E-state index in [0.717, 1.165) is 53.9 Å². The summed E-state index contributed by atoms with van der Waals surface area (Å²) in [7, 11) is 5.60. The lowest BCUT2D eigenvalue weighted by atomic mass is 9.92. The maximum atomic E-state index is 12.2. The van der Waals surface area contributed by atoms with Crippen LogP contribution in [0, 0.1) is 0 Å². The number of piperidine rings is 1. The number of pyridine rings is 2. The van der Waals surface area contributed by atoms with Crippen molar-refractivity contribution in [3.63, 3.8) is 0 Å². The highest BCUT2D eigenvalue weighted by Crippen LogP contribution is 2.32. The molecule has 34 heavy (non-hydrogen) atoms. The van der Waals surface area contributed by atoms with Gasteiger partial charge in [0.05, 0.1) is 17.5 Å². The van der Waals surface area contributed by atoms with Crippen molar-refractivity contribution in [2.24, 2.45) is 7.05 Å². The van der Waals surface area contributed by atoms with Gasteiger partial charge >= 0.3 is 18.2 Å². The first-order valence-corrected chi connectivity index (χ1v) is 10.5. The molecule has 0 spiro atoms. The number of rotatable bonds is 2. The Labute approximate surface area is 193 Å². The largest absolute Gasteiger partial charge is 0.490 e. The Morgan fingerprint density at radius 1 is 1.21 bits per heavy atom. The standard InChI is InChI=1S/C20H24N6O.C2HF3O2/c1-24(2)20(27)26-9-6-14(7-10-26)16-11-17-19(22-13-25(17)3)18(23-16)15-5-4-8-21-12-15;3-2(4,5)1(6)7/h4-5,8,11-14H,6-7,9-10H2,1-3H3;(H,6,7). The number of carboxylic acid groups (broad SMARTS) is 1. The Kier molecular flexibility index (Phi) is 7.38. The highest BCUT2D eigenvalue weighted by molar-refractivity contribution is 5.89. The molecule has 4 rings (SSSR count). The lowest BCUT2D eigenvalue weighted by Crippen LogP contribution is -2.43. The summed E-state index contributed by atoms with van der Waals surface area (Å²) >= 11 is 0. The molecule has 1 saturated heterocycles. The first kappa shape index (κ1) is 24.9.